The zero-order chi connectivity index (χ0) is 25.3. The van der Waals surface area contributed by atoms with E-state index in [1.165, 1.54) is 13.2 Å². The van der Waals surface area contributed by atoms with Gasteiger partial charge in [0, 0.05) is 35.6 Å². The highest BCUT2D eigenvalue weighted by atomic mass is 32.2. The van der Waals surface area contributed by atoms with Gasteiger partial charge in [0.05, 0.1) is 29.8 Å². The van der Waals surface area contributed by atoms with Crippen molar-refractivity contribution in [1.29, 1.82) is 0 Å². The third-order valence-electron chi connectivity index (χ3n) is 6.91. The molecule has 190 valence electrons. The third-order valence-corrected chi connectivity index (χ3v) is 8.41. The van der Waals surface area contributed by atoms with Crippen LogP contribution in [0.4, 0.5) is 4.39 Å². The van der Waals surface area contributed by atoms with Crippen molar-refractivity contribution in [2.75, 3.05) is 31.7 Å². The van der Waals surface area contributed by atoms with Crippen molar-refractivity contribution in [3.63, 3.8) is 0 Å². The summed E-state index contributed by atoms with van der Waals surface area (Å²) in [5.74, 6) is 0.156. The van der Waals surface area contributed by atoms with Crippen LogP contribution in [0.25, 0.3) is 16.5 Å². The number of nitrogens with zero attached hydrogens (tertiary/aromatic N) is 2. The van der Waals surface area contributed by atoms with Gasteiger partial charge in [0.25, 0.3) is 5.91 Å². The van der Waals surface area contributed by atoms with Crippen molar-refractivity contribution in [2.24, 2.45) is 0 Å². The first-order valence-corrected chi connectivity index (χ1v) is 13.9. The molecule has 2 N–H and O–H groups in total. The van der Waals surface area contributed by atoms with Gasteiger partial charge in [0.1, 0.15) is 11.6 Å². The number of likely N-dealkylation sites (tertiary alicyclic amines) is 1. The summed E-state index contributed by atoms with van der Waals surface area (Å²) in [6, 6.07) is 10.1. The summed E-state index contributed by atoms with van der Waals surface area (Å²) in [5, 5.41) is 11.3. The Bertz CT molecular complexity index is 1430. The van der Waals surface area contributed by atoms with Crippen LogP contribution in [0.1, 0.15) is 40.9 Å². The first kappa shape index (κ1) is 24.5. The van der Waals surface area contributed by atoms with Gasteiger partial charge in [-0.25, -0.2) is 12.8 Å². The van der Waals surface area contributed by atoms with E-state index in [-0.39, 0.29) is 29.3 Å². The van der Waals surface area contributed by atoms with Crippen LogP contribution in [0, 0.1) is 5.82 Å². The molecule has 2 aliphatic rings. The topological polar surface area (TPSA) is 104 Å². The van der Waals surface area contributed by atoms with Crippen molar-refractivity contribution in [3.8, 4) is 5.75 Å². The number of aromatic amines is 1. The van der Waals surface area contributed by atoms with E-state index in [0.717, 1.165) is 35.9 Å². The monoisotopic (exact) mass is 512 g/mol. The zero-order valence-corrected chi connectivity index (χ0v) is 20.9. The third kappa shape index (κ3) is 5.15. The Kier molecular flexibility index (Phi) is 6.81. The van der Waals surface area contributed by atoms with Gasteiger partial charge in [-0.3, -0.25) is 14.8 Å². The van der Waals surface area contributed by atoms with Gasteiger partial charge in [0.15, 0.2) is 9.84 Å². The number of hydrogen-bond acceptors (Lipinski definition) is 6. The first-order valence-electron chi connectivity index (χ1n) is 12.1. The first-order chi connectivity index (χ1) is 17.3. The number of rotatable bonds is 6. The lowest BCUT2D eigenvalue weighted by Crippen LogP contribution is -2.47. The number of aromatic nitrogens is 2. The molecule has 0 saturated carbocycles. The number of carbonyl (C=O) groups excluding carboxylic acids is 1. The highest BCUT2D eigenvalue weighted by molar-refractivity contribution is 7.91. The fraction of sp³-hybridized carbons (Fsp3) is 0.385. The minimum Gasteiger partial charge on any atom is -0.496 e. The molecular formula is C26H29FN4O4S. The molecule has 0 aliphatic carbocycles. The van der Waals surface area contributed by atoms with E-state index >= 15 is 0 Å². The van der Waals surface area contributed by atoms with Crippen molar-refractivity contribution in [3.05, 3.63) is 65.1 Å². The van der Waals surface area contributed by atoms with Gasteiger partial charge < -0.3 is 10.1 Å². The minimum atomic E-state index is -3.04. The van der Waals surface area contributed by atoms with Crippen LogP contribution in [0.15, 0.2) is 42.5 Å². The number of carbonyl (C=O) groups is 1. The average molecular weight is 513 g/mol. The number of H-pyrrole nitrogens is 1. The number of nitrogens with one attached hydrogen (secondary N) is 2. The molecular weight excluding hydrogens is 483 g/mol. The smallest absolute Gasteiger partial charge is 0.251 e. The number of sulfone groups is 1. The van der Waals surface area contributed by atoms with E-state index in [9.17, 15) is 17.6 Å². The normalized spacial score (nSPS) is 20.2. The van der Waals surface area contributed by atoms with Crippen LogP contribution in [-0.4, -0.2) is 67.2 Å². The number of ether oxygens (including phenoxy) is 1. The number of allylic oxidation sites excluding steroid dienone is 1. The maximum atomic E-state index is 14.4. The predicted molar refractivity (Wildman–Crippen MR) is 136 cm³/mol. The molecule has 0 spiro atoms. The standard InChI is InChI=1S/C26H29FN4O4S/c1-35-24-6-2-5-22(27)21(24)16-31-11-3-4-19(15-31)28-26(32)18-7-8-23-20(14-18)25(30-29-23)17-9-12-36(33,34)13-10-17/h2,5-9,14,19H,3-4,10-13,15-16H2,1H3,(H,28,32)(H,29,30)/t19-/m1/s1. The van der Waals surface area contributed by atoms with Crippen LogP contribution in [0.5, 0.6) is 5.75 Å². The van der Waals surface area contributed by atoms with E-state index in [1.54, 1.807) is 30.3 Å². The Hall–Kier alpha value is -3.24. The Balaban J connectivity index is 1.29. The maximum absolute atomic E-state index is 14.4. The van der Waals surface area contributed by atoms with Gasteiger partial charge in [-0.15, -0.1) is 0 Å². The quantitative estimate of drug-likeness (QED) is 0.525. The van der Waals surface area contributed by atoms with Crippen LogP contribution < -0.4 is 10.1 Å². The SMILES string of the molecule is COc1cccc(F)c1CN1CCC[C@@H](NC(=O)c2ccc3[nH]nc(C4=CCS(=O)(=O)CC4)c3c2)C1. The molecule has 1 saturated heterocycles. The lowest BCUT2D eigenvalue weighted by atomic mass is 10.0. The number of benzene rings is 2. The molecule has 3 heterocycles. The maximum Gasteiger partial charge on any atom is 0.251 e. The summed E-state index contributed by atoms with van der Waals surface area (Å²) in [6.07, 6.45) is 3.85. The van der Waals surface area contributed by atoms with E-state index in [4.69, 9.17) is 4.74 Å². The molecule has 1 aromatic heterocycles. The van der Waals surface area contributed by atoms with Crippen molar-refractivity contribution in [2.45, 2.75) is 31.8 Å². The van der Waals surface area contributed by atoms with Crippen molar-refractivity contribution in [1.82, 2.24) is 20.4 Å². The second-order valence-electron chi connectivity index (χ2n) is 9.39. The molecule has 10 heteroatoms. The van der Waals surface area contributed by atoms with Crippen LogP contribution in [0.2, 0.25) is 0 Å². The van der Waals surface area contributed by atoms with Gasteiger partial charge in [0.2, 0.25) is 0 Å². The number of piperidine rings is 1. The van der Waals surface area contributed by atoms with Crippen LogP contribution in [-0.2, 0) is 16.4 Å². The molecule has 0 radical (unpaired) electrons. The lowest BCUT2D eigenvalue weighted by Gasteiger charge is -2.33. The molecule has 2 aliphatic heterocycles. The van der Waals surface area contributed by atoms with E-state index < -0.39 is 9.84 Å². The number of methoxy groups -OCH3 is 1. The summed E-state index contributed by atoms with van der Waals surface area (Å²) in [7, 11) is -1.51. The predicted octanol–water partition coefficient (Wildman–Crippen LogP) is 3.31. The van der Waals surface area contributed by atoms with Gasteiger partial charge in [-0.1, -0.05) is 12.1 Å². The Labute approximate surface area is 209 Å². The fourth-order valence-corrected chi connectivity index (χ4v) is 6.14. The number of fused-ring (bicyclic) bond motifs is 1. The summed E-state index contributed by atoms with van der Waals surface area (Å²) >= 11 is 0. The molecule has 2 aromatic carbocycles. The Morgan fingerprint density at radius 3 is 2.94 bits per heavy atom. The summed E-state index contributed by atoms with van der Waals surface area (Å²) in [4.78, 5) is 15.3. The molecule has 1 fully saturated rings. The molecule has 5 rings (SSSR count). The lowest BCUT2D eigenvalue weighted by molar-refractivity contribution is 0.0899. The number of halogens is 1. The average Bonchev–Trinajstić information content (AvgIpc) is 3.29. The highest BCUT2D eigenvalue weighted by Gasteiger charge is 2.25. The molecule has 8 nitrogen and oxygen atoms in total. The Morgan fingerprint density at radius 2 is 2.17 bits per heavy atom. The van der Waals surface area contributed by atoms with E-state index in [0.29, 0.717) is 42.1 Å². The van der Waals surface area contributed by atoms with Gasteiger partial charge in [-0.2, -0.15) is 5.10 Å². The van der Waals surface area contributed by atoms with Crippen molar-refractivity contribution >= 4 is 32.2 Å². The largest absolute Gasteiger partial charge is 0.496 e. The van der Waals surface area contributed by atoms with Gasteiger partial charge in [-0.05, 0) is 61.7 Å². The molecule has 0 unspecified atom stereocenters. The zero-order valence-electron chi connectivity index (χ0n) is 20.1. The molecule has 0 bridgehead atoms. The summed E-state index contributed by atoms with van der Waals surface area (Å²) < 4.78 is 43.3. The Morgan fingerprint density at radius 1 is 1.31 bits per heavy atom. The van der Waals surface area contributed by atoms with Crippen molar-refractivity contribution < 1.29 is 22.3 Å². The highest BCUT2D eigenvalue weighted by Crippen LogP contribution is 2.29. The van der Waals surface area contributed by atoms with E-state index in [2.05, 4.69) is 20.4 Å². The second-order valence-corrected chi connectivity index (χ2v) is 11.6. The molecule has 1 amide bonds. The van der Waals surface area contributed by atoms with E-state index in [1.807, 2.05) is 6.07 Å². The summed E-state index contributed by atoms with van der Waals surface area (Å²) in [6.45, 7) is 1.85. The number of hydrogen-bond donors (Lipinski definition) is 2. The van der Waals surface area contributed by atoms with Crippen LogP contribution >= 0.6 is 0 Å². The molecule has 1 atom stereocenters. The molecule has 36 heavy (non-hydrogen) atoms. The molecule has 3 aromatic rings. The van der Waals surface area contributed by atoms with Gasteiger partial charge >= 0.3 is 0 Å². The minimum absolute atomic E-state index is 0.00774. The number of amides is 1. The van der Waals surface area contributed by atoms with Crippen LogP contribution in [0.3, 0.4) is 0 Å². The second kappa shape index (κ2) is 10.0. The fourth-order valence-electron chi connectivity index (χ4n) is 4.99. The summed E-state index contributed by atoms with van der Waals surface area (Å²) in [5.41, 5.74) is 3.40.